The van der Waals surface area contributed by atoms with Gasteiger partial charge in [-0.25, -0.2) is 4.79 Å². The topological polar surface area (TPSA) is 98.6 Å². The summed E-state index contributed by atoms with van der Waals surface area (Å²) in [5.41, 5.74) is 12.3. The summed E-state index contributed by atoms with van der Waals surface area (Å²) in [5.74, 6) is 0.0335. The van der Waals surface area contributed by atoms with E-state index in [2.05, 4.69) is 0 Å². The molecule has 5 heteroatoms. The number of hydrogen-bond donors (Lipinski definition) is 3. The van der Waals surface area contributed by atoms with Crippen LogP contribution in [0.1, 0.15) is 31.2 Å². The third-order valence-electron chi connectivity index (χ3n) is 3.14. The molecule has 0 saturated heterocycles. The zero-order valence-electron chi connectivity index (χ0n) is 11.3. The standard InChI is InChI=1S/C15H18N2O3/c1-9(17)14(15(18)19)13(8-16)20-12-4-2-3-11(7-12)10-5-6-10/h2-4,7-8,10H,5-6,16-17H2,1H3,(H,18,19)/b13-8+,14-9+. The minimum Gasteiger partial charge on any atom is -0.477 e. The van der Waals surface area contributed by atoms with Crippen molar-refractivity contribution in [2.75, 3.05) is 0 Å². The number of rotatable bonds is 5. The first-order chi connectivity index (χ1) is 9.52. The minimum absolute atomic E-state index is 0.0467. The van der Waals surface area contributed by atoms with Crippen LogP contribution in [0.5, 0.6) is 5.75 Å². The predicted molar refractivity (Wildman–Crippen MR) is 75.8 cm³/mol. The van der Waals surface area contributed by atoms with E-state index in [4.69, 9.17) is 21.3 Å². The van der Waals surface area contributed by atoms with Crippen LogP contribution in [0.25, 0.3) is 0 Å². The summed E-state index contributed by atoms with van der Waals surface area (Å²) in [5, 5.41) is 9.16. The molecule has 0 atom stereocenters. The Labute approximate surface area is 117 Å². The number of ether oxygens (including phenoxy) is 1. The van der Waals surface area contributed by atoms with Gasteiger partial charge in [0.05, 0.1) is 0 Å². The van der Waals surface area contributed by atoms with Crippen molar-refractivity contribution in [2.45, 2.75) is 25.7 Å². The number of aliphatic carboxylic acids is 1. The molecule has 1 aromatic rings. The first-order valence-corrected chi connectivity index (χ1v) is 6.42. The molecule has 1 aliphatic carbocycles. The average molecular weight is 274 g/mol. The van der Waals surface area contributed by atoms with E-state index in [-0.39, 0.29) is 17.0 Å². The molecular formula is C15H18N2O3. The van der Waals surface area contributed by atoms with Gasteiger partial charge in [-0.1, -0.05) is 12.1 Å². The second-order valence-corrected chi connectivity index (χ2v) is 4.84. The molecule has 5 N–H and O–H groups in total. The van der Waals surface area contributed by atoms with Gasteiger partial charge >= 0.3 is 5.97 Å². The maximum Gasteiger partial charge on any atom is 0.341 e. The lowest BCUT2D eigenvalue weighted by molar-refractivity contribution is -0.132. The van der Waals surface area contributed by atoms with Gasteiger partial charge in [-0.15, -0.1) is 0 Å². The summed E-state index contributed by atoms with van der Waals surface area (Å²) >= 11 is 0. The highest BCUT2D eigenvalue weighted by molar-refractivity contribution is 5.91. The van der Waals surface area contributed by atoms with Gasteiger partial charge in [0.2, 0.25) is 0 Å². The van der Waals surface area contributed by atoms with Crippen molar-refractivity contribution in [3.05, 3.63) is 53.1 Å². The monoisotopic (exact) mass is 274 g/mol. The van der Waals surface area contributed by atoms with E-state index in [1.165, 1.54) is 25.3 Å². The first-order valence-electron chi connectivity index (χ1n) is 6.42. The fourth-order valence-electron chi connectivity index (χ4n) is 2.01. The van der Waals surface area contributed by atoms with Crippen LogP contribution in [-0.4, -0.2) is 11.1 Å². The van der Waals surface area contributed by atoms with Crippen LogP contribution in [0.15, 0.2) is 47.5 Å². The summed E-state index contributed by atoms with van der Waals surface area (Å²) in [4.78, 5) is 11.2. The lowest BCUT2D eigenvalue weighted by atomic mass is 10.1. The van der Waals surface area contributed by atoms with Gasteiger partial charge in [-0.05, 0) is 43.4 Å². The van der Waals surface area contributed by atoms with Crippen molar-refractivity contribution in [2.24, 2.45) is 11.5 Å². The van der Waals surface area contributed by atoms with Crippen molar-refractivity contribution >= 4 is 5.97 Å². The normalized spacial score (nSPS) is 16.6. The average Bonchev–Trinajstić information content (AvgIpc) is 3.21. The molecule has 1 fully saturated rings. The van der Waals surface area contributed by atoms with Gasteiger partial charge in [0.25, 0.3) is 0 Å². The molecule has 0 amide bonds. The van der Waals surface area contributed by atoms with E-state index in [0.717, 1.165) is 6.20 Å². The zero-order valence-corrected chi connectivity index (χ0v) is 11.3. The number of carboxylic acids is 1. The number of carbonyl (C=O) groups is 1. The predicted octanol–water partition coefficient (Wildman–Crippen LogP) is 2.06. The first kappa shape index (κ1) is 14.0. The van der Waals surface area contributed by atoms with E-state index in [1.807, 2.05) is 18.2 Å². The second kappa shape index (κ2) is 5.69. The lowest BCUT2D eigenvalue weighted by Gasteiger charge is -2.12. The smallest absolute Gasteiger partial charge is 0.341 e. The van der Waals surface area contributed by atoms with Crippen molar-refractivity contribution in [1.82, 2.24) is 0 Å². The Morgan fingerprint density at radius 1 is 1.45 bits per heavy atom. The lowest BCUT2D eigenvalue weighted by Crippen LogP contribution is -2.15. The number of carboxylic acid groups (broad SMARTS) is 1. The Kier molecular flexibility index (Phi) is 3.98. The van der Waals surface area contributed by atoms with Gasteiger partial charge in [0, 0.05) is 11.9 Å². The highest BCUT2D eigenvalue weighted by Crippen LogP contribution is 2.41. The molecule has 0 spiro atoms. The Morgan fingerprint density at radius 3 is 2.65 bits per heavy atom. The van der Waals surface area contributed by atoms with Crippen LogP contribution >= 0.6 is 0 Å². The van der Waals surface area contributed by atoms with Crippen molar-refractivity contribution in [3.63, 3.8) is 0 Å². The van der Waals surface area contributed by atoms with E-state index in [0.29, 0.717) is 11.7 Å². The molecule has 106 valence electrons. The van der Waals surface area contributed by atoms with Gasteiger partial charge in [-0.2, -0.15) is 0 Å². The van der Waals surface area contributed by atoms with E-state index >= 15 is 0 Å². The van der Waals surface area contributed by atoms with Crippen LogP contribution in [0.2, 0.25) is 0 Å². The Hall–Kier alpha value is -2.43. The molecule has 0 bridgehead atoms. The van der Waals surface area contributed by atoms with Gasteiger partial charge in [0.15, 0.2) is 5.76 Å². The summed E-state index contributed by atoms with van der Waals surface area (Å²) in [6.07, 6.45) is 3.49. The van der Waals surface area contributed by atoms with Gasteiger partial charge in [-0.3, -0.25) is 0 Å². The fraction of sp³-hybridized carbons (Fsp3) is 0.267. The van der Waals surface area contributed by atoms with Crippen molar-refractivity contribution in [3.8, 4) is 5.75 Å². The maximum atomic E-state index is 11.2. The van der Waals surface area contributed by atoms with Crippen molar-refractivity contribution in [1.29, 1.82) is 0 Å². The number of hydrogen-bond acceptors (Lipinski definition) is 4. The summed E-state index contributed by atoms with van der Waals surface area (Å²) in [7, 11) is 0. The molecule has 0 unspecified atom stereocenters. The molecule has 2 rings (SSSR count). The molecule has 20 heavy (non-hydrogen) atoms. The fourth-order valence-corrected chi connectivity index (χ4v) is 2.01. The molecule has 5 nitrogen and oxygen atoms in total. The maximum absolute atomic E-state index is 11.2. The number of benzene rings is 1. The minimum atomic E-state index is -1.17. The molecular weight excluding hydrogens is 256 g/mol. The van der Waals surface area contributed by atoms with Crippen LogP contribution < -0.4 is 16.2 Å². The highest BCUT2D eigenvalue weighted by Gasteiger charge is 2.24. The highest BCUT2D eigenvalue weighted by atomic mass is 16.5. The summed E-state index contributed by atoms with van der Waals surface area (Å²) in [6.45, 7) is 1.50. The molecule has 1 aromatic carbocycles. The Morgan fingerprint density at radius 2 is 2.15 bits per heavy atom. The van der Waals surface area contributed by atoms with E-state index < -0.39 is 5.97 Å². The van der Waals surface area contributed by atoms with Crippen molar-refractivity contribution < 1.29 is 14.6 Å². The quantitative estimate of drug-likeness (QED) is 0.433. The second-order valence-electron chi connectivity index (χ2n) is 4.84. The van der Waals surface area contributed by atoms with Crippen LogP contribution in [0.3, 0.4) is 0 Å². The Bertz CT molecular complexity index is 583. The third-order valence-corrected chi connectivity index (χ3v) is 3.14. The Balaban J connectivity index is 2.24. The molecule has 1 aliphatic rings. The molecule has 0 radical (unpaired) electrons. The molecule has 0 heterocycles. The number of nitrogens with two attached hydrogens (primary N) is 2. The summed E-state index contributed by atoms with van der Waals surface area (Å²) < 4.78 is 5.58. The van der Waals surface area contributed by atoms with Crippen LogP contribution in [0, 0.1) is 0 Å². The molecule has 1 saturated carbocycles. The van der Waals surface area contributed by atoms with E-state index in [9.17, 15) is 4.79 Å². The zero-order chi connectivity index (χ0) is 14.7. The molecule has 0 aromatic heterocycles. The number of allylic oxidation sites excluding steroid dienone is 1. The van der Waals surface area contributed by atoms with Gasteiger partial charge in [0.1, 0.15) is 11.3 Å². The summed E-state index contributed by atoms with van der Waals surface area (Å²) in [6, 6.07) is 7.60. The van der Waals surface area contributed by atoms with Crippen LogP contribution in [-0.2, 0) is 4.79 Å². The van der Waals surface area contributed by atoms with E-state index in [1.54, 1.807) is 6.07 Å². The van der Waals surface area contributed by atoms with Gasteiger partial charge < -0.3 is 21.3 Å². The largest absolute Gasteiger partial charge is 0.477 e. The SMILES string of the molecule is C/C(N)=C(C(=O)O)/C(=C\N)Oc1cccc(C2CC2)c1. The third kappa shape index (κ3) is 3.12. The molecule has 0 aliphatic heterocycles. The van der Waals surface area contributed by atoms with Crippen LogP contribution in [0.4, 0.5) is 0 Å².